The molecule has 0 saturated carbocycles. The van der Waals surface area contributed by atoms with E-state index in [4.69, 9.17) is 14.2 Å². The zero-order valence-electron chi connectivity index (χ0n) is 16.1. The highest BCUT2D eigenvalue weighted by Gasteiger charge is 2.19. The van der Waals surface area contributed by atoms with Gasteiger partial charge in [0.15, 0.2) is 17.3 Å². The molecule has 0 aliphatic heterocycles. The van der Waals surface area contributed by atoms with Crippen LogP contribution in [-0.2, 0) is 12.8 Å². The number of methoxy groups -OCH3 is 3. The fraction of sp³-hybridized carbons (Fsp3) is 0.350. The number of nitrogens with zero attached hydrogens (tertiary/aromatic N) is 3. The first kappa shape index (κ1) is 18.5. The molecule has 0 unspecified atom stereocenters. The van der Waals surface area contributed by atoms with E-state index in [1.807, 2.05) is 12.1 Å². The van der Waals surface area contributed by atoms with E-state index >= 15 is 0 Å². The fourth-order valence-corrected chi connectivity index (χ4v) is 4.75. The SMILES string of the molecule is COc1cc(/C=N\Nc2ncnc3sc4c(c23)CCCC4)cc(OC)c1OC. The molecule has 1 aliphatic rings. The summed E-state index contributed by atoms with van der Waals surface area (Å²) in [6.45, 7) is 0. The third-order valence-electron chi connectivity index (χ3n) is 4.82. The minimum atomic E-state index is 0.553. The van der Waals surface area contributed by atoms with Crippen LogP contribution in [0.25, 0.3) is 10.2 Å². The molecule has 0 saturated heterocycles. The molecule has 7 nitrogen and oxygen atoms in total. The van der Waals surface area contributed by atoms with Crippen molar-refractivity contribution < 1.29 is 14.2 Å². The van der Waals surface area contributed by atoms with Crippen molar-refractivity contribution in [2.45, 2.75) is 25.7 Å². The van der Waals surface area contributed by atoms with Crippen LogP contribution in [0.3, 0.4) is 0 Å². The van der Waals surface area contributed by atoms with E-state index in [0.717, 1.165) is 34.4 Å². The summed E-state index contributed by atoms with van der Waals surface area (Å²) < 4.78 is 16.1. The predicted octanol–water partition coefficient (Wildman–Crippen LogP) is 4.04. The topological polar surface area (TPSA) is 77.9 Å². The van der Waals surface area contributed by atoms with Gasteiger partial charge < -0.3 is 14.2 Å². The first-order valence-corrected chi connectivity index (χ1v) is 9.91. The highest BCUT2D eigenvalue weighted by Crippen LogP contribution is 2.39. The standard InChI is InChI=1S/C20H22N4O3S/c1-25-14-8-12(9-15(26-2)18(14)27-3)10-23-24-19-17-13-6-4-5-7-16(13)28-20(17)22-11-21-19/h8-11H,4-7H2,1-3H3,(H,21,22,24)/b23-10-. The summed E-state index contributed by atoms with van der Waals surface area (Å²) in [5.74, 6) is 2.46. The van der Waals surface area contributed by atoms with E-state index in [9.17, 15) is 0 Å². The van der Waals surface area contributed by atoms with Crippen LogP contribution in [-0.4, -0.2) is 37.5 Å². The lowest BCUT2D eigenvalue weighted by Crippen LogP contribution is -2.01. The lowest BCUT2D eigenvalue weighted by molar-refractivity contribution is 0.324. The van der Waals surface area contributed by atoms with Crippen LogP contribution in [0.2, 0.25) is 0 Å². The second-order valence-electron chi connectivity index (χ2n) is 6.44. The summed E-state index contributed by atoms with van der Waals surface area (Å²) in [5, 5.41) is 5.49. The molecule has 0 bridgehead atoms. The maximum atomic E-state index is 5.39. The minimum Gasteiger partial charge on any atom is -0.493 e. The number of rotatable bonds is 6. The molecule has 2 heterocycles. The van der Waals surface area contributed by atoms with Crippen molar-refractivity contribution in [2.24, 2.45) is 5.10 Å². The highest BCUT2D eigenvalue weighted by atomic mass is 32.1. The van der Waals surface area contributed by atoms with E-state index in [1.54, 1.807) is 45.2 Å². The van der Waals surface area contributed by atoms with Crippen LogP contribution in [0.5, 0.6) is 17.2 Å². The Bertz CT molecular complexity index is 1010. The molecule has 8 heteroatoms. The maximum Gasteiger partial charge on any atom is 0.203 e. The van der Waals surface area contributed by atoms with E-state index in [0.29, 0.717) is 17.2 Å². The summed E-state index contributed by atoms with van der Waals surface area (Å²) in [4.78, 5) is 11.3. The van der Waals surface area contributed by atoms with Crippen LogP contribution in [0.4, 0.5) is 5.82 Å². The third-order valence-corrected chi connectivity index (χ3v) is 6.02. The molecule has 4 rings (SSSR count). The van der Waals surface area contributed by atoms with Gasteiger partial charge in [0.05, 0.1) is 32.9 Å². The Labute approximate surface area is 167 Å². The van der Waals surface area contributed by atoms with Crippen molar-refractivity contribution in [1.82, 2.24) is 9.97 Å². The van der Waals surface area contributed by atoms with Crippen LogP contribution in [0.1, 0.15) is 28.8 Å². The smallest absolute Gasteiger partial charge is 0.203 e. The van der Waals surface area contributed by atoms with Gasteiger partial charge in [-0.15, -0.1) is 11.3 Å². The highest BCUT2D eigenvalue weighted by molar-refractivity contribution is 7.19. The van der Waals surface area contributed by atoms with E-state index < -0.39 is 0 Å². The average molecular weight is 398 g/mol. The summed E-state index contributed by atoms with van der Waals surface area (Å²) in [7, 11) is 4.76. The average Bonchev–Trinajstić information content (AvgIpc) is 3.12. The van der Waals surface area contributed by atoms with Gasteiger partial charge in [0.25, 0.3) is 0 Å². The Kier molecular flexibility index (Phi) is 5.29. The number of hydrogen-bond donors (Lipinski definition) is 1. The van der Waals surface area contributed by atoms with Crippen LogP contribution < -0.4 is 19.6 Å². The molecular weight excluding hydrogens is 376 g/mol. The van der Waals surface area contributed by atoms with Crippen LogP contribution in [0.15, 0.2) is 23.6 Å². The molecule has 2 aromatic heterocycles. The summed E-state index contributed by atoms with van der Waals surface area (Å²) in [5.41, 5.74) is 5.28. The van der Waals surface area contributed by atoms with Gasteiger partial charge in [-0.05, 0) is 43.4 Å². The Hall–Kier alpha value is -2.87. The monoisotopic (exact) mass is 398 g/mol. The van der Waals surface area contributed by atoms with E-state index in [2.05, 4.69) is 20.5 Å². The van der Waals surface area contributed by atoms with Crippen LogP contribution in [0, 0.1) is 0 Å². The molecule has 0 amide bonds. The van der Waals surface area contributed by atoms with Gasteiger partial charge >= 0.3 is 0 Å². The van der Waals surface area contributed by atoms with Crippen molar-refractivity contribution in [1.29, 1.82) is 0 Å². The van der Waals surface area contributed by atoms with Gasteiger partial charge in [-0.1, -0.05) is 0 Å². The van der Waals surface area contributed by atoms with Gasteiger partial charge in [-0.2, -0.15) is 5.10 Å². The lowest BCUT2D eigenvalue weighted by Gasteiger charge is -2.12. The summed E-state index contributed by atoms with van der Waals surface area (Å²) in [6.07, 6.45) is 7.95. The van der Waals surface area contributed by atoms with Crippen molar-refractivity contribution in [3.63, 3.8) is 0 Å². The molecular formula is C20H22N4O3S. The number of hydrogen-bond acceptors (Lipinski definition) is 8. The Morgan fingerprint density at radius 1 is 1.04 bits per heavy atom. The molecule has 1 aliphatic carbocycles. The number of hydrazone groups is 1. The molecule has 146 valence electrons. The van der Waals surface area contributed by atoms with E-state index in [-0.39, 0.29) is 0 Å². The largest absolute Gasteiger partial charge is 0.493 e. The maximum absolute atomic E-state index is 5.39. The van der Waals surface area contributed by atoms with Crippen molar-refractivity contribution in [3.05, 3.63) is 34.5 Å². The molecule has 0 spiro atoms. The van der Waals surface area contributed by atoms with Crippen molar-refractivity contribution >= 4 is 33.6 Å². The normalized spacial score (nSPS) is 13.5. The number of thiophene rings is 1. The second-order valence-corrected chi connectivity index (χ2v) is 7.53. The summed E-state index contributed by atoms with van der Waals surface area (Å²) >= 11 is 1.77. The number of nitrogens with one attached hydrogen (secondary N) is 1. The molecule has 0 atom stereocenters. The number of anilines is 1. The third kappa shape index (κ3) is 3.35. The number of benzene rings is 1. The fourth-order valence-electron chi connectivity index (χ4n) is 3.52. The van der Waals surface area contributed by atoms with Gasteiger partial charge in [-0.3, -0.25) is 5.43 Å². The van der Waals surface area contributed by atoms with Gasteiger partial charge in [0.2, 0.25) is 5.75 Å². The Morgan fingerprint density at radius 3 is 2.50 bits per heavy atom. The first-order valence-electron chi connectivity index (χ1n) is 9.09. The Morgan fingerprint density at radius 2 is 1.79 bits per heavy atom. The number of aryl methyl sites for hydroxylation is 2. The quantitative estimate of drug-likeness (QED) is 0.499. The molecule has 0 radical (unpaired) electrons. The van der Waals surface area contributed by atoms with Crippen molar-refractivity contribution in [3.8, 4) is 17.2 Å². The van der Waals surface area contributed by atoms with Crippen molar-refractivity contribution in [2.75, 3.05) is 26.8 Å². The summed E-state index contributed by atoms with van der Waals surface area (Å²) in [6, 6.07) is 3.68. The molecule has 0 fully saturated rings. The zero-order chi connectivity index (χ0) is 19.5. The van der Waals surface area contributed by atoms with E-state index in [1.165, 1.54) is 23.3 Å². The number of ether oxygens (including phenoxy) is 3. The zero-order valence-corrected chi connectivity index (χ0v) is 16.9. The molecule has 28 heavy (non-hydrogen) atoms. The van der Waals surface area contributed by atoms with Crippen LogP contribution >= 0.6 is 11.3 Å². The lowest BCUT2D eigenvalue weighted by atomic mass is 9.97. The first-order chi connectivity index (χ1) is 13.7. The Balaban J connectivity index is 1.63. The van der Waals surface area contributed by atoms with Gasteiger partial charge in [0.1, 0.15) is 11.2 Å². The molecule has 1 aromatic carbocycles. The number of fused-ring (bicyclic) bond motifs is 3. The minimum absolute atomic E-state index is 0.553. The van der Waals surface area contributed by atoms with Gasteiger partial charge in [0, 0.05) is 10.4 Å². The predicted molar refractivity (Wildman–Crippen MR) is 111 cm³/mol. The molecule has 1 N–H and O–H groups in total. The molecule has 3 aromatic rings. The van der Waals surface area contributed by atoms with Gasteiger partial charge in [-0.25, -0.2) is 9.97 Å². The second kappa shape index (κ2) is 8.02. The number of aromatic nitrogens is 2.